The van der Waals surface area contributed by atoms with Crippen molar-refractivity contribution in [2.45, 2.75) is 0 Å². The quantitative estimate of drug-likeness (QED) is 0.831. The van der Waals surface area contributed by atoms with E-state index in [0.29, 0.717) is 0 Å². The van der Waals surface area contributed by atoms with Crippen molar-refractivity contribution in [1.82, 2.24) is 4.31 Å². The molecule has 0 spiro atoms. The van der Waals surface area contributed by atoms with Crippen LogP contribution in [0.1, 0.15) is 10.4 Å². The summed E-state index contributed by atoms with van der Waals surface area (Å²) in [6.07, 6.45) is 0. The molecule has 7 heteroatoms. The molecule has 0 unspecified atom stereocenters. The van der Waals surface area contributed by atoms with Crippen molar-refractivity contribution >= 4 is 16.3 Å². The molecular formula is C9H11NO5S. The Balaban J connectivity index is 2.94. The van der Waals surface area contributed by atoms with E-state index in [0.717, 1.165) is 4.31 Å². The zero-order valence-corrected chi connectivity index (χ0v) is 9.56. The molecule has 0 atom stereocenters. The number of rotatable bonds is 3. The summed E-state index contributed by atoms with van der Waals surface area (Å²) in [7, 11) is -1.63. The highest BCUT2D eigenvalue weighted by Crippen LogP contribution is 2.17. The second kappa shape index (κ2) is 4.50. The van der Waals surface area contributed by atoms with E-state index in [1.165, 1.54) is 38.4 Å². The third-order valence-electron chi connectivity index (χ3n) is 1.75. The number of carbonyl (C=O) groups excluding carboxylic acids is 1. The Kier molecular flexibility index (Phi) is 3.51. The number of nitrogens with zero attached hydrogens (tertiary/aromatic N) is 1. The Morgan fingerprint density at radius 3 is 2.38 bits per heavy atom. The summed E-state index contributed by atoms with van der Waals surface area (Å²) in [6.45, 7) is 0. The van der Waals surface area contributed by atoms with Gasteiger partial charge in [0.05, 0.1) is 0 Å². The molecule has 1 aromatic carbocycles. The first-order valence-electron chi connectivity index (χ1n) is 4.29. The van der Waals surface area contributed by atoms with Gasteiger partial charge >= 0.3 is 16.3 Å². The average molecular weight is 245 g/mol. The molecule has 0 saturated heterocycles. The second-order valence-electron chi connectivity index (χ2n) is 3.13. The minimum absolute atomic E-state index is 0.201. The average Bonchev–Trinajstić information content (AvgIpc) is 2.17. The Labute approximate surface area is 93.3 Å². The fourth-order valence-electron chi connectivity index (χ4n) is 0.861. The normalized spacial score (nSPS) is 11.4. The lowest BCUT2D eigenvalue weighted by atomic mass is 10.2. The molecule has 0 bridgehead atoms. The Morgan fingerprint density at radius 1 is 1.31 bits per heavy atom. The zero-order chi connectivity index (χ0) is 12.3. The van der Waals surface area contributed by atoms with Crippen molar-refractivity contribution in [2.75, 3.05) is 14.1 Å². The van der Waals surface area contributed by atoms with Gasteiger partial charge < -0.3 is 9.29 Å². The molecule has 1 rings (SSSR count). The molecule has 0 aliphatic rings. The summed E-state index contributed by atoms with van der Waals surface area (Å²) >= 11 is 0. The maximum absolute atomic E-state index is 11.4. The molecule has 0 radical (unpaired) electrons. The van der Waals surface area contributed by atoms with Gasteiger partial charge in [-0.05, 0) is 12.1 Å². The highest BCUT2D eigenvalue weighted by molar-refractivity contribution is 7.84. The van der Waals surface area contributed by atoms with Crippen molar-refractivity contribution in [2.24, 2.45) is 0 Å². The maximum atomic E-state index is 11.4. The van der Waals surface area contributed by atoms with Crippen LogP contribution >= 0.6 is 0 Å². The van der Waals surface area contributed by atoms with Gasteiger partial charge in [0.15, 0.2) is 0 Å². The van der Waals surface area contributed by atoms with Crippen LogP contribution in [0.15, 0.2) is 24.3 Å². The van der Waals surface area contributed by atoms with Gasteiger partial charge in [-0.1, -0.05) is 12.1 Å². The van der Waals surface area contributed by atoms with Crippen LogP contribution in [0.4, 0.5) is 0 Å². The van der Waals surface area contributed by atoms with E-state index in [-0.39, 0.29) is 11.3 Å². The van der Waals surface area contributed by atoms with Gasteiger partial charge in [-0.2, -0.15) is 12.7 Å². The number of phenolic OH excluding ortho intramolecular Hbond substituents is 1. The van der Waals surface area contributed by atoms with Crippen molar-refractivity contribution < 1.29 is 22.5 Å². The molecule has 0 aromatic heterocycles. The van der Waals surface area contributed by atoms with Crippen LogP contribution in [0.25, 0.3) is 0 Å². The van der Waals surface area contributed by atoms with E-state index in [1.807, 2.05) is 0 Å². The number of hydrogen-bond donors (Lipinski definition) is 1. The smallest absolute Gasteiger partial charge is 0.387 e. The number of carbonyl (C=O) groups is 1. The molecule has 1 N–H and O–H groups in total. The Bertz CT molecular complexity index is 494. The predicted molar refractivity (Wildman–Crippen MR) is 56.1 cm³/mol. The molecule has 6 nitrogen and oxygen atoms in total. The van der Waals surface area contributed by atoms with E-state index >= 15 is 0 Å². The van der Waals surface area contributed by atoms with Crippen LogP contribution in [0, 0.1) is 0 Å². The minimum atomic E-state index is -4.09. The fourth-order valence-corrected chi connectivity index (χ4v) is 1.29. The molecular weight excluding hydrogens is 234 g/mol. The monoisotopic (exact) mass is 245 g/mol. The topological polar surface area (TPSA) is 83.9 Å². The van der Waals surface area contributed by atoms with E-state index in [4.69, 9.17) is 0 Å². The summed E-state index contributed by atoms with van der Waals surface area (Å²) < 4.78 is 27.5. The third kappa shape index (κ3) is 2.71. The van der Waals surface area contributed by atoms with Gasteiger partial charge in [-0.3, -0.25) is 0 Å². The van der Waals surface area contributed by atoms with Crippen molar-refractivity contribution in [1.29, 1.82) is 0 Å². The highest BCUT2D eigenvalue weighted by Gasteiger charge is 2.22. The third-order valence-corrected chi connectivity index (χ3v) is 3.01. The minimum Gasteiger partial charge on any atom is -0.507 e. The number of phenols is 1. The lowest BCUT2D eigenvalue weighted by molar-refractivity contribution is 0.0732. The maximum Gasteiger partial charge on any atom is 0.387 e. The largest absolute Gasteiger partial charge is 0.507 e. The van der Waals surface area contributed by atoms with Crippen LogP contribution in [-0.2, 0) is 14.5 Å². The van der Waals surface area contributed by atoms with Crippen LogP contribution < -0.4 is 0 Å². The lowest BCUT2D eigenvalue weighted by Gasteiger charge is -2.10. The summed E-state index contributed by atoms with van der Waals surface area (Å²) in [5.41, 5.74) is -0.201. The van der Waals surface area contributed by atoms with Crippen LogP contribution in [0.3, 0.4) is 0 Å². The standard InChI is InChI=1S/C9H11NO5S/c1-10(2)16(13,14)15-9(12)7-5-3-4-6-8(7)11/h3-6,11H,1-2H3. The number of hydrogen-bond acceptors (Lipinski definition) is 5. The van der Waals surface area contributed by atoms with Gasteiger partial charge in [-0.25, -0.2) is 4.79 Å². The first-order chi connectivity index (χ1) is 7.34. The van der Waals surface area contributed by atoms with E-state index in [1.54, 1.807) is 0 Å². The SMILES string of the molecule is CN(C)S(=O)(=O)OC(=O)c1ccccc1O. The van der Waals surface area contributed by atoms with E-state index in [9.17, 15) is 18.3 Å². The highest BCUT2D eigenvalue weighted by atomic mass is 32.2. The van der Waals surface area contributed by atoms with Gasteiger partial charge in [0.2, 0.25) is 0 Å². The summed E-state index contributed by atoms with van der Waals surface area (Å²) in [5, 5.41) is 9.31. The Hall–Kier alpha value is -1.60. The van der Waals surface area contributed by atoms with Gasteiger partial charge in [0, 0.05) is 14.1 Å². The second-order valence-corrected chi connectivity index (χ2v) is 4.88. The van der Waals surface area contributed by atoms with Crippen LogP contribution in [-0.4, -0.2) is 37.9 Å². The van der Waals surface area contributed by atoms with E-state index in [2.05, 4.69) is 4.18 Å². The van der Waals surface area contributed by atoms with Crippen molar-refractivity contribution in [3.05, 3.63) is 29.8 Å². The molecule has 0 fully saturated rings. The zero-order valence-electron chi connectivity index (χ0n) is 8.75. The predicted octanol–water partition coefficient (Wildman–Crippen LogP) is 0.355. The van der Waals surface area contributed by atoms with Gasteiger partial charge in [0.25, 0.3) is 0 Å². The van der Waals surface area contributed by atoms with Crippen molar-refractivity contribution in [3.8, 4) is 5.75 Å². The lowest BCUT2D eigenvalue weighted by Crippen LogP contribution is -2.27. The van der Waals surface area contributed by atoms with Crippen LogP contribution in [0.2, 0.25) is 0 Å². The molecule has 16 heavy (non-hydrogen) atoms. The number of aromatic hydroxyl groups is 1. The molecule has 88 valence electrons. The van der Waals surface area contributed by atoms with Gasteiger partial charge in [0.1, 0.15) is 11.3 Å². The first kappa shape index (κ1) is 12.5. The molecule has 1 aromatic rings. The molecule has 0 aliphatic carbocycles. The van der Waals surface area contributed by atoms with Crippen LogP contribution in [0.5, 0.6) is 5.75 Å². The van der Waals surface area contributed by atoms with E-state index < -0.39 is 16.3 Å². The fraction of sp³-hybridized carbons (Fsp3) is 0.222. The summed E-state index contributed by atoms with van der Waals surface area (Å²) in [5.74, 6) is -1.45. The Morgan fingerprint density at radius 2 is 1.88 bits per heavy atom. The molecule has 0 saturated carbocycles. The molecule has 0 aliphatic heterocycles. The number of para-hydroxylation sites is 1. The summed E-state index contributed by atoms with van der Waals surface area (Å²) in [6, 6.07) is 5.52. The van der Waals surface area contributed by atoms with Gasteiger partial charge in [-0.15, -0.1) is 0 Å². The summed E-state index contributed by atoms with van der Waals surface area (Å²) in [4.78, 5) is 11.4. The van der Waals surface area contributed by atoms with Crippen molar-refractivity contribution in [3.63, 3.8) is 0 Å². The molecule has 0 heterocycles. The first-order valence-corrected chi connectivity index (χ1v) is 5.65. The number of benzene rings is 1. The molecule has 0 amide bonds.